The molecule has 0 aliphatic carbocycles. The number of nitrogens with zero attached hydrogens (tertiary/aromatic N) is 1. The molecule has 0 spiro atoms. The molecule has 3 aromatic rings. The molecular formula is C29H31ClN4O5. The number of para-hydroxylation sites is 1. The van der Waals surface area contributed by atoms with Crippen molar-refractivity contribution < 1.29 is 23.9 Å². The summed E-state index contributed by atoms with van der Waals surface area (Å²) in [5.41, 5.74) is 5.98. The predicted molar refractivity (Wildman–Crippen MR) is 153 cm³/mol. The Labute approximate surface area is 232 Å². The normalized spacial score (nSPS) is 10.7. The van der Waals surface area contributed by atoms with Gasteiger partial charge in [0.1, 0.15) is 0 Å². The standard InChI is InChI=1S/C29H31ClN4O5/c1-4-19-11-13-22(14-12-19)32-26(35)18-39-27-23(30)15-20(16-25(27)38-6-3)17-31-34-29(37)28(36)33-24-10-8-7-9-21(24)5-2/h7-17H,4-6,18H2,1-3H3,(H,32,35)(H,33,36)(H,34,37)/b31-17-. The highest BCUT2D eigenvalue weighted by Crippen LogP contribution is 2.36. The van der Waals surface area contributed by atoms with E-state index in [2.05, 4.69) is 28.1 Å². The van der Waals surface area contributed by atoms with Crippen LogP contribution >= 0.6 is 11.6 Å². The molecule has 0 aliphatic rings. The first kappa shape index (κ1) is 29.2. The smallest absolute Gasteiger partial charge is 0.329 e. The second-order valence-corrected chi connectivity index (χ2v) is 8.72. The molecular weight excluding hydrogens is 520 g/mol. The first-order chi connectivity index (χ1) is 18.8. The van der Waals surface area contributed by atoms with E-state index in [9.17, 15) is 14.4 Å². The second kappa shape index (κ2) is 14.5. The van der Waals surface area contributed by atoms with Crippen LogP contribution in [0.25, 0.3) is 0 Å². The average Bonchev–Trinajstić information content (AvgIpc) is 2.93. The van der Waals surface area contributed by atoms with Gasteiger partial charge in [-0.05, 0) is 66.8 Å². The van der Waals surface area contributed by atoms with Gasteiger partial charge in [-0.15, -0.1) is 0 Å². The topological polar surface area (TPSA) is 118 Å². The summed E-state index contributed by atoms with van der Waals surface area (Å²) < 4.78 is 11.3. The van der Waals surface area contributed by atoms with Crippen molar-refractivity contribution >= 4 is 46.9 Å². The number of carbonyl (C=O) groups is 3. The van der Waals surface area contributed by atoms with Gasteiger partial charge in [0.25, 0.3) is 5.91 Å². The third-order valence-corrected chi connectivity index (χ3v) is 5.84. The van der Waals surface area contributed by atoms with Crippen molar-refractivity contribution in [3.05, 3.63) is 82.4 Å². The number of aryl methyl sites for hydroxylation is 2. The summed E-state index contributed by atoms with van der Waals surface area (Å²) in [4.78, 5) is 36.8. The molecule has 0 unspecified atom stereocenters. The van der Waals surface area contributed by atoms with E-state index < -0.39 is 11.8 Å². The zero-order valence-corrected chi connectivity index (χ0v) is 22.8. The van der Waals surface area contributed by atoms with Crippen molar-refractivity contribution in [3.8, 4) is 11.5 Å². The molecule has 0 aromatic heterocycles. The number of hydrazone groups is 1. The van der Waals surface area contributed by atoms with Gasteiger partial charge in [-0.25, -0.2) is 5.43 Å². The molecule has 10 heteroatoms. The third-order valence-electron chi connectivity index (χ3n) is 5.56. The number of hydrogen-bond acceptors (Lipinski definition) is 6. The van der Waals surface area contributed by atoms with Crippen molar-refractivity contribution in [1.82, 2.24) is 5.43 Å². The Morgan fingerprint density at radius 2 is 1.64 bits per heavy atom. The predicted octanol–water partition coefficient (Wildman–Crippen LogP) is 4.97. The molecule has 0 aliphatic heterocycles. The SMILES string of the molecule is CCOc1cc(/C=N\NC(=O)C(=O)Nc2ccccc2CC)cc(Cl)c1OCC(=O)Nc1ccc(CC)cc1. The third kappa shape index (κ3) is 8.58. The molecule has 39 heavy (non-hydrogen) atoms. The maximum Gasteiger partial charge on any atom is 0.329 e. The first-order valence-electron chi connectivity index (χ1n) is 12.5. The summed E-state index contributed by atoms with van der Waals surface area (Å²) >= 11 is 6.41. The lowest BCUT2D eigenvalue weighted by Crippen LogP contribution is -2.32. The van der Waals surface area contributed by atoms with E-state index in [1.165, 1.54) is 17.8 Å². The summed E-state index contributed by atoms with van der Waals surface area (Å²) in [5, 5.41) is 9.38. The Morgan fingerprint density at radius 3 is 2.33 bits per heavy atom. The Bertz CT molecular complexity index is 1340. The van der Waals surface area contributed by atoms with Crippen molar-refractivity contribution in [1.29, 1.82) is 0 Å². The molecule has 0 atom stereocenters. The minimum Gasteiger partial charge on any atom is -0.490 e. The van der Waals surface area contributed by atoms with Crippen LogP contribution in [0.2, 0.25) is 5.02 Å². The van der Waals surface area contributed by atoms with Gasteiger partial charge < -0.3 is 20.1 Å². The van der Waals surface area contributed by atoms with Crippen LogP contribution in [0, 0.1) is 0 Å². The van der Waals surface area contributed by atoms with Gasteiger partial charge >= 0.3 is 11.8 Å². The summed E-state index contributed by atoms with van der Waals surface area (Å²) in [6, 6.07) is 17.9. The molecule has 0 saturated heterocycles. The highest BCUT2D eigenvalue weighted by Gasteiger charge is 2.16. The number of nitrogens with one attached hydrogen (secondary N) is 3. The van der Waals surface area contributed by atoms with Crippen LogP contribution in [0.5, 0.6) is 11.5 Å². The second-order valence-electron chi connectivity index (χ2n) is 8.31. The van der Waals surface area contributed by atoms with Gasteiger partial charge in [0.05, 0.1) is 17.8 Å². The van der Waals surface area contributed by atoms with Crippen molar-refractivity contribution in [2.45, 2.75) is 33.6 Å². The van der Waals surface area contributed by atoms with Gasteiger partial charge in [-0.2, -0.15) is 5.10 Å². The maximum absolute atomic E-state index is 12.4. The molecule has 3 N–H and O–H groups in total. The lowest BCUT2D eigenvalue weighted by atomic mass is 10.1. The van der Waals surface area contributed by atoms with Crippen LogP contribution in [-0.2, 0) is 27.2 Å². The van der Waals surface area contributed by atoms with E-state index in [0.29, 0.717) is 35.7 Å². The van der Waals surface area contributed by atoms with E-state index in [-0.39, 0.29) is 23.3 Å². The van der Waals surface area contributed by atoms with Crippen LogP contribution in [0.4, 0.5) is 11.4 Å². The monoisotopic (exact) mass is 550 g/mol. The Morgan fingerprint density at radius 1 is 0.897 bits per heavy atom. The van der Waals surface area contributed by atoms with Crippen LogP contribution < -0.4 is 25.5 Å². The molecule has 204 valence electrons. The number of rotatable bonds is 11. The molecule has 0 radical (unpaired) electrons. The first-order valence-corrected chi connectivity index (χ1v) is 12.9. The summed E-state index contributed by atoms with van der Waals surface area (Å²) in [6.45, 7) is 5.84. The van der Waals surface area contributed by atoms with Gasteiger partial charge in [0.15, 0.2) is 18.1 Å². The lowest BCUT2D eigenvalue weighted by molar-refractivity contribution is -0.136. The van der Waals surface area contributed by atoms with Crippen LogP contribution in [0.15, 0.2) is 65.8 Å². The molecule has 0 bridgehead atoms. The van der Waals surface area contributed by atoms with Gasteiger partial charge in [0.2, 0.25) is 0 Å². The van der Waals surface area contributed by atoms with Crippen LogP contribution in [0.1, 0.15) is 37.5 Å². The zero-order valence-electron chi connectivity index (χ0n) is 22.0. The maximum atomic E-state index is 12.4. The van der Waals surface area contributed by atoms with E-state index in [0.717, 1.165) is 12.0 Å². The molecule has 0 fully saturated rings. The largest absolute Gasteiger partial charge is 0.490 e. The lowest BCUT2D eigenvalue weighted by Gasteiger charge is -2.14. The van der Waals surface area contributed by atoms with Crippen molar-refractivity contribution in [3.63, 3.8) is 0 Å². The molecule has 0 heterocycles. The fraction of sp³-hybridized carbons (Fsp3) is 0.241. The summed E-state index contributed by atoms with van der Waals surface area (Å²) in [5.74, 6) is -1.63. The zero-order chi connectivity index (χ0) is 28.2. The van der Waals surface area contributed by atoms with E-state index in [1.807, 2.05) is 43.3 Å². The molecule has 9 nitrogen and oxygen atoms in total. The number of ether oxygens (including phenoxy) is 2. The fourth-order valence-electron chi connectivity index (χ4n) is 3.57. The number of halogens is 1. The van der Waals surface area contributed by atoms with E-state index >= 15 is 0 Å². The summed E-state index contributed by atoms with van der Waals surface area (Å²) in [7, 11) is 0. The minimum atomic E-state index is -0.927. The van der Waals surface area contributed by atoms with Crippen molar-refractivity contribution in [2.24, 2.45) is 5.10 Å². The molecule has 3 aromatic carbocycles. The number of benzene rings is 3. The van der Waals surface area contributed by atoms with Crippen LogP contribution in [-0.4, -0.2) is 37.1 Å². The number of hydrogen-bond donors (Lipinski definition) is 3. The summed E-state index contributed by atoms with van der Waals surface area (Å²) in [6.07, 6.45) is 2.93. The molecule has 0 saturated carbocycles. The Hall–Kier alpha value is -4.37. The van der Waals surface area contributed by atoms with Gasteiger partial charge in [-0.3, -0.25) is 14.4 Å². The quantitative estimate of drug-likeness (QED) is 0.177. The van der Waals surface area contributed by atoms with Gasteiger partial charge in [-0.1, -0.05) is 55.8 Å². The number of carbonyl (C=O) groups excluding carboxylic acids is 3. The highest BCUT2D eigenvalue weighted by atomic mass is 35.5. The Kier molecular flexibility index (Phi) is 10.9. The molecule has 3 rings (SSSR count). The average molecular weight is 551 g/mol. The van der Waals surface area contributed by atoms with Crippen LogP contribution in [0.3, 0.4) is 0 Å². The highest BCUT2D eigenvalue weighted by molar-refractivity contribution is 6.39. The Balaban J connectivity index is 1.61. The molecule has 3 amide bonds. The minimum absolute atomic E-state index is 0.183. The van der Waals surface area contributed by atoms with E-state index in [4.69, 9.17) is 21.1 Å². The number of anilines is 2. The van der Waals surface area contributed by atoms with Gasteiger partial charge in [0, 0.05) is 11.4 Å². The number of amides is 3. The van der Waals surface area contributed by atoms with Crippen molar-refractivity contribution in [2.75, 3.05) is 23.8 Å². The fourth-order valence-corrected chi connectivity index (χ4v) is 3.84. The van der Waals surface area contributed by atoms with E-state index in [1.54, 1.807) is 25.1 Å².